The molecular weight excluding hydrogens is 490 g/mol. The van der Waals surface area contributed by atoms with Crippen LogP contribution in [0, 0.1) is 10.1 Å². The summed E-state index contributed by atoms with van der Waals surface area (Å²) in [6.07, 6.45) is 0. The fraction of sp³-hybridized carbons (Fsp3) is 0.333. The van der Waals surface area contributed by atoms with Crippen LogP contribution in [0.2, 0.25) is 0 Å². The van der Waals surface area contributed by atoms with E-state index in [1.807, 2.05) is 24.3 Å². The Hall–Kier alpha value is -3.47. The van der Waals surface area contributed by atoms with Crippen molar-refractivity contribution < 1.29 is 13.3 Å². The lowest BCUT2D eigenvalue weighted by molar-refractivity contribution is -0.384. The quantitative estimate of drug-likeness (QED) is 0.348. The summed E-state index contributed by atoms with van der Waals surface area (Å²) in [5.41, 5.74) is 2.87. The van der Waals surface area contributed by atoms with Gasteiger partial charge in [0.15, 0.2) is 0 Å². The third-order valence-electron chi connectivity index (χ3n) is 7.10. The van der Waals surface area contributed by atoms with Crippen LogP contribution in [0.15, 0.2) is 83.8 Å². The second-order valence-corrected chi connectivity index (χ2v) is 11.3. The van der Waals surface area contributed by atoms with E-state index in [1.54, 1.807) is 42.5 Å². The van der Waals surface area contributed by atoms with Crippen molar-refractivity contribution in [3.63, 3.8) is 0 Å². The first kappa shape index (κ1) is 25.2. The SMILES string of the molecule is O=[N+]([O-])c1ccc(N2CCN(S(=O)(=O)c3ccccc3)CC2)cc1N1CCN(Cc2ccccc2)CC1. The van der Waals surface area contributed by atoms with Crippen LogP contribution >= 0.6 is 0 Å². The number of sulfonamides is 1. The van der Waals surface area contributed by atoms with E-state index in [2.05, 4.69) is 26.8 Å². The molecule has 0 aliphatic carbocycles. The molecule has 2 fully saturated rings. The molecule has 2 aliphatic rings. The molecule has 37 heavy (non-hydrogen) atoms. The fourth-order valence-corrected chi connectivity index (χ4v) is 6.48. The molecule has 2 heterocycles. The highest BCUT2D eigenvalue weighted by atomic mass is 32.2. The maximum atomic E-state index is 13.0. The lowest BCUT2D eigenvalue weighted by atomic mass is 10.1. The predicted octanol–water partition coefficient (Wildman–Crippen LogP) is 3.43. The van der Waals surface area contributed by atoms with Crippen molar-refractivity contribution in [3.05, 3.63) is 94.5 Å². The minimum absolute atomic E-state index is 0.102. The van der Waals surface area contributed by atoms with Crippen LogP contribution in [0.3, 0.4) is 0 Å². The largest absolute Gasteiger partial charge is 0.369 e. The molecule has 0 unspecified atom stereocenters. The normalized spacial score (nSPS) is 17.6. The maximum Gasteiger partial charge on any atom is 0.292 e. The molecule has 0 atom stereocenters. The van der Waals surface area contributed by atoms with Crippen molar-refractivity contribution in [1.29, 1.82) is 0 Å². The van der Waals surface area contributed by atoms with Crippen LogP contribution < -0.4 is 9.80 Å². The van der Waals surface area contributed by atoms with E-state index in [4.69, 9.17) is 0 Å². The van der Waals surface area contributed by atoms with Gasteiger partial charge in [0, 0.05) is 70.7 Å². The highest BCUT2D eigenvalue weighted by molar-refractivity contribution is 7.89. The molecule has 0 amide bonds. The molecule has 194 valence electrons. The van der Waals surface area contributed by atoms with Gasteiger partial charge in [-0.1, -0.05) is 48.5 Å². The summed E-state index contributed by atoms with van der Waals surface area (Å²) in [6.45, 7) is 5.71. The van der Waals surface area contributed by atoms with Crippen molar-refractivity contribution in [3.8, 4) is 0 Å². The molecule has 0 bridgehead atoms. The predicted molar refractivity (Wildman–Crippen MR) is 144 cm³/mol. The van der Waals surface area contributed by atoms with E-state index in [-0.39, 0.29) is 10.6 Å². The maximum absolute atomic E-state index is 13.0. The third kappa shape index (κ3) is 5.61. The minimum Gasteiger partial charge on any atom is -0.369 e. The zero-order valence-electron chi connectivity index (χ0n) is 20.6. The van der Waals surface area contributed by atoms with Gasteiger partial charge in [-0.15, -0.1) is 0 Å². The summed E-state index contributed by atoms with van der Waals surface area (Å²) in [5.74, 6) is 0. The minimum atomic E-state index is -3.53. The molecule has 10 heteroatoms. The standard InChI is InChI=1S/C27H31N5O4S/c33-32(34)26-12-11-24(29-17-19-31(20-18-29)37(35,36)25-9-5-2-6-10-25)21-27(26)30-15-13-28(14-16-30)22-23-7-3-1-4-8-23/h1-12,21H,13-20,22H2. The zero-order valence-corrected chi connectivity index (χ0v) is 21.5. The number of nitro benzene ring substituents is 1. The molecule has 2 aliphatic heterocycles. The number of benzene rings is 3. The van der Waals surface area contributed by atoms with Crippen LogP contribution in [0.5, 0.6) is 0 Å². The van der Waals surface area contributed by atoms with Crippen LogP contribution in [0.25, 0.3) is 0 Å². The Morgan fingerprint density at radius 3 is 1.95 bits per heavy atom. The number of nitrogens with zero attached hydrogens (tertiary/aromatic N) is 5. The van der Waals surface area contributed by atoms with E-state index in [0.29, 0.717) is 49.9 Å². The fourth-order valence-electron chi connectivity index (χ4n) is 5.03. The molecule has 0 spiro atoms. The Morgan fingerprint density at radius 1 is 0.730 bits per heavy atom. The van der Waals surface area contributed by atoms with Gasteiger partial charge in [-0.25, -0.2) is 8.42 Å². The molecule has 3 aromatic rings. The Labute approximate surface area is 217 Å². The molecule has 0 N–H and O–H groups in total. The van der Waals surface area contributed by atoms with Crippen LogP contribution in [0.4, 0.5) is 17.1 Å². The van der Waals surface area contributed by atoms with Gasteiger partial charge in [0.1, 0.15) is 5.69 Å². The second-order valence-electron chi connectivity index (χ2n) is 9.38. The molecule has 2 saturated heterocycles. The van der Waals surface area contributed by atoms with Gasteiger partial charge in [-0.2, -0.15) is 4.31 Å². The van der Waals surface area contributed by atoms with Crippen LogP contribution in [0.1, 0.15) is 5.56 Å². The van der Waals surface area contributed by atoms with Crippen LogP contribution in [-0.4, -0.2) is 74.9 Å². The summed E-state index contributed by atoms with van der Waals surface area (Å²) in [5, 5.41) is 11.8. The molecular formula is C27H31N5O4S. The van der Waals surface area contributed by atoms with Crippen molar-refractivity contribution in [2.75, 3.05) is 62.2 Å². The molecule has 0 radical (unpaired) electrons. The lowest BCUT2D eigenvalue weighted by Crippen LogP contribution is -2.49. The number of hydrogen-bond acceptors (Lipinski definition) is 7. The van der Waals surface area contributed by atoms with Gasteiger partial charge in [0.25, 0.3) is 5.69 Å². The molecule has 3 aromatic carbocycles. The molecule has 9 nitrogen and oxygen atoms in total. The van der Waals surface area contributed by atoms with Crippen molar-refractivity contribution in [1.82, 2.24) is 9.21 Å². The summed E-state index contributed by atoms with van der Waals surface area (Å²) in [6, 6.07) is 24.0. The smallest absolute Gasteiger partial charge is 0.292 e. The average Bonchev–Trinajstić information content (AvgIpc) is 2.94. The van der Waals surface area contributed by atoms with Gasteiger partial charge in [0.2, 0.25) is 10.0 Å². The topological polar surface area (TPSA) is 90.2 Å². The number of piperazine rings is 2. The number of anilines is 2. The molecule has 5 rings (SSSR count). The monoisotopic (exact) mass is 521 g/mol. The van der Waals surface area contributed by atoms with Crippen LogP contribution in [-0.2, 0) is 16.6 Å². The Balaban J connectivity index is 1.26. The van der Waals surface area contributed by atoms with Gasteiger partial charge in [-0.05, 0) is 29.8 Å². The average molecular weight is 522 g/mol. The third-order valence-corrected chi connectivity index (χ3v) is 9.02. The van der Waals surface area contributed by atoms with E-state index < -0.39 is 10.0 Å². The van der Waals surface area contributed by atoms with Crippen molar-refractivity contribution in [2.24, 2.45) is 0 Å². The van der Waals surface area contributed by atoms with Crippen molar-refractivity contribution >= 4 is 27.1 Å². The Bertz CT molecular complexity index is 1320. The lowest BCUT2D eigenvalue weighted by Gasteiger charge is -2.37. The van der Waals surface area contributed by atoms with Crippen molar-refractivity contribution in [2.45, 2.75) is 11.4 Å². The first-order valence-corrected chi connectivity index (χ1v) is 14.0. The Kier molecular flexibility index (Phi) is 7.40. The number of hydrogen-bond donors (Lipinski definition) is 0. The summed E-state index contributed by atoms with van der Waals surface area (Å²) >= 11 is 0. The first-order chi connectivity index (χ1) is 17.9. The summed E-state index contributed by atoms with van der Waals surface area (Å²) < 4.78 is 27.5. The van der Waals surface area contributed by atoms with E-state index >= 15 is 0 Å². The highest BCUT2D eigenvalue weighted by Crippen LogP contribution is 2.34. The second kappa shape index (κ2) is 10.9. The van der Waals surface area contributed by atoms with Gasteiger partial charge >= 0.3 is 0 Å². The number of nitro groups is 1. The molecule has 0 saturated carbocycles. The first-order valence-electron chi connectivity index (χ1n) is 12.5. The van der Waals surface area contributed by atoms with Gasteiger partial charge in [0.05, 0.1) is 9.82 Å². The number of rotatable bonds is 7. The molecule has 0 aromatic heterocycles. The highest BCUT2D eigenvalue weighted by Gasteiger charge is 2.30. The summed E-state index contributed by atoms with van der Waals surface area (Å²) in [7, 11) is -3.53. The van der Waals surface area contributed by atoms with Gasteiger partial charge in [-0.3, -0.25) is 15.0 Å². The van der Waals surface area contributed by atoms with E-state index in [0.717, 1.165) is 25.3 Å². The zero-order chi connectivity index (χ0) is 25.8. The van der Waals surface area contributed by atoms with Gasteiger partial charge < -0.3 is 9.80 Å². The Morgan fingerprint density at radius 2 is 1.32 bits per heavy atom. The van der Waals surface area contributed by atoms with E-state index in [1.165, 1.54) is 9.87 Å². The van der Waals surface area contributed by atoms with E-state index in [9.17, 15) is 18.5 Å². The summed E-state index contributed by atoms with van der Waals surface area (Å²) in [4.78, 5) is 18.4.